The van der Waals surface area contributed by atoms with Crippen LogP contribution in [0.3, 0.4) is 0 Å². The lowest BCUT2D eigenvalue weighted by Gasteiger charge is -2.28. The van der Waals surface area contributed by atoms with Gasteiger partial charge in [-0.15, -0.1) is 0 Å². The fourth-order valence-electron chi connectivity index (χ4n) is 2.86. The molecule has 0 saturated carbocycles. The first-order valence-electron chi connectivity index (χ1n) is 9.48. The predicted octanol–water partition coefficient (Wildman–Crippen LogP) is 2.55. The van der Waals surface area contributed by atoms with Gasteiger partial charge in [0.15, 0.2) is 0 Å². The second-order valence-electron chi connectivity index (χ2n) is 7.96. The van der Waals surface area contributed by atoms with Gasteiger partial charge in [0.1, 0.15) is 22.8 Å². The molecule has 0 aliphatic carbocycles. The highest BCUT2D eigenvalue weighted by atomic mass is 16.7. The van der Waals surface area contributed by atoms with E-state index in [0.29, 0.717) is 24.2 Å². The molecule has 1 aliphatic heterocycles. The van der Waals surface area contributed by atoms with Crippen LogP contribution in [0, 0.1) is 5.41 Å². The topological polar surface area (TPSA) is 108 Å². The molecule has 2 rings (SSSR count). The lowest BCUT2D eigenvalue weighted by molar-refractivity contribution is -0.161. The quantitative estimate of drug-likeness (QED) is 0.418. The monoisotopic (exact) mass is 406 g/mol. The van der Waals surface area contributed by atoms with Crippen molar-refractivity contribution in [3.63, 3.8) is 0 Å². The lowest BCUT2D eigenvalue weighted by atomic mass is 9.64. The molecule has 1 atom stereocenters. The van der Waals surface area contributed by atoms with Crippen molar-refractivity contribution in [1.82, 2.24) is 0 Å². The van der Waals surface area contributed by atoms with Crippen LogP contribution in [0.4, 0.5) is 0 Å². The summed E-state index contributed by atoms with van der Waals surface area (Å²) in [5.74, 6) is -1.11. The van der Waals surface area contributed by atoms with Gasteiger partial charge in [-0.05, 0) is 44.9 Å². The van der Waals surface area contributed by atoms with E-state index in [4.69, 9.17) is 18.9 Å². The van der Waals surface area contributed by atoms with E-state index in [1.165, 1.54) is 13.2 Å². The minimum atomic E-state index is -1.23. The minimum Gasteiger partial charge on any atom is -0.535 e. The maximum atomic E-state index is 12.5. The number of esters is 2. The van der Waals surface area contributed by atoms with E-state index in [2.05, 4.69) is 0 Å². The van der Waals surface area contributed by atoms with Gasteiger partial charge < -0.3 is 23.9 Å². The van der Waals surface area contributed by atoms with Crippen molar-refractivity contribution in [2.45, 2.75) is 52.8 Å². The Morgan fingerprint density at radius 1 is 1.24 bits per heavy atom. The van der Waals surface area contributed by atoms with Crippen molar-refractivity contribution in [2.75, 3.05) is 13.9 Å². The second-order valence-corrected chi connectivity index (χ2v) is 7.96. The first-order chi connectivity index (χ1) is 13.6. The Bertz CT molecular complexity index is 783. The first kappa shape index (κ1) is 22.7. The molecule has 0 radical (unpaired) electrons. The fraction of sp³-hybridized carbons (Fsp3) is 0.550. The first-order valence-corrected chi connectivity index (χ1v) is 9.48. The van der Waals surface area contributed by atoms with E-state index in [0.717, 1.165) is 0 Å². The average molecular weight is 406 g/mol. The molecule has 8 nitrogen and oxygen atoms in total. The molecular formula is C20H27BO8. The number of benzene rings is 1. The summed E-state index contributed by atoms with van der Waals surface area (Å²) in [5, 5.41) is 10.3. The molecule has 1 aromatic rings. The molecule has 1 aliphatic rings. The summed E-state index contributed by atoms with van der Waals surface area (Å²) in [6, 6.07) is 3.12. The Labute approximate surface area is 170 Å². The molecule has 0 amide bonds. The number of carbonyl (C=O) groups excluding carboxylic acids is 3. The van der Waals surface area contributed by atoms with Crippen LogP contribution in [0.5, 0.6) is 11.5 Å². The van der Waals surface area contributed by atoms with E-state index in [1.54, 1.807) is 33.8 Å². The molecule has 0 aromatic heterocycles. The molecule has 1 heterocycles. The zero-order chi connectivity index (χ0) is 21.8. The maximum absolute atomic E-state index is 12.5. The number of ketones is 1. The van der Waals surface area contributed by atoms with Gasteiger partial charge in [0.05, 0.1) is 12.5 Å². The molecule has 0 unspecified atom stereocenters. The summed E-state index contributed by atoms with van der Waals surface area (Å²) in [4.78, 5) is 36.1. The van der Waals surface area contributed by atoms with Gasteiger partial charge >= 0.3 is 19.1 Å². The van der Waals surface area contributed by atoms with Crippen molar-refractivity contribution in [3.8, 4) is 11.5 Å². The molecule has 0 saturated heterocycles. The van der Waals surface area contributed by atoms with Gasteiger partial charge in [0.2, 0.25) is 6.79 Å². The molecule has 29 heavy (non-hydrogen) atoms. The van der Waals surface area contributed by atoms with Crippen molar-refractivity contribution in [2.24, 2.45) is 5.41 Å². The number of rotatable bonds is 7. The van der Waals surface area contributed by atoms with Gasteiger partial charge in [-0.25, -0.2) is 4.79 Å². The number of Topliss-reactive ketones (excluding diaryl/α,β-unsaturated/α-hetero) is 1. The SMILES string of the molecule is CCC(=O)C[C@H]1Cc2cc(OC)cc(C(=O)OCOC(=O)C(C)(C)C)c2OB1O. The van der Waals surface area contributed by atoms with E-state index in [-0.39, 0.29) is 23.5 Å². The summed E-state index contributed by atoms with van der Waals surface area (Å²) in [6.45, 7) is 6.27. The van der Waals surface area contributed by atoms with Crippen LogP contribution in [0.2, 0.25) is 5.82 Å². The van der Waals surface area contributed by atoms with E-state index < -0.39 is 37.1 Å². The highest BCUT2D eigenvalue weighted by molar-refractivity contribution is 6.47. The molecule has 158 valence electrons. The number of ether oxygens (including phenoxy) is 3. The standard InChI is InChI=1S/C20H27BO8/c1-6-14(22)9-13-7-12-8-15(26-5)10-16(17(12)29-21(13)25)18(23)27-11-28-19(24)20(2,3)4/h8,10,13,25H,6-7,9,11H2,1-5H3/t13-/m1/s1. The van der Waals surface area contributed by atoms with Crippen molar-refractivity contribution in [1.29, 1.82) is 0 Å². The molecule has 1 aromatic carbocycles. The van der Waals surface area contributed by atoms with Crippen LogP contribution in [0.25, 0.3) is 0 Å². The zero-order valence-corrected chi connectivity index (χ0v) is 17.4. The third kappa shape index (κ3) is 5.73. The number of hydrogen-bond acceptors (Lipinski definition) is 8. The molecule has 0 bridgehead atoms. The summed E-state index contributed by atoms with van der Waals surface area (Å²) in [7, 11) is 0.232. The van der Waals surface area contributed by atoms with Gasteiger partial charge in [-0.2, -0.15) is 0 Å². The number of hydrogen-bond donors (Lipinski definition) is 1. The Hall–Kier alpha value is -2.55. The third-order valence-corrected chi connectivity index (χ3v) is 4.60. The summed E-state index contributed by atoms with van der Waals surface area (Å²) in [6.07, 6.45) is 0.897. The lowest BCUT2D eigenvalue weighted by Crippen LogP contribution is -2.36. The second kappa shape index (κ2) is 9.30. The minimum absolute atomic E-state index is 0.0179. The fourth-order valence-corrected chi connectivity index (χ4v) is 2.86. The van der Waals surface area contributed by atoms with Gasteiger partial charge in [0, 0.05) is 18.7 Å². The Balaban J connectivity index is 2.19. The molecule has 9 heteroatoms. The summed E-state index contributed by atoms with van der Waals surface area (Å²) < 4.78 is 20.8. The van der Waals surface area contributed by atoms with Crippen molar-refractivity contribution >= 4 is 24.8 Å². The summed E-state index contributed by atoms with van der Waals surface area (Å²) >= 11 is 0. The number of methoxy groups -OCH3 is 1. The van der Waals surface area contributed by atoms with Crippen LogP contribution in [0.15, 0.2) is 12.1 Å². The van der Waals surface area contributed by atoms with Crippen LogP contribution in [0.1, 0.15) is 56.5 Å². The van der Waals surface area contributed by atoms with Crippen LogP contribution in [-0.2, 0) is 25.5 Å². The Kier molecular flexibility index (Phi) is 7.29. The highest BCUT2D eigenvalue weighted by Crippen LogP contribution is 2.39. The third-order valence-electron chi connectivity index (χ3n) is 4.60. The van der Waals surface area contributed by atoms with Crippen LogP contribution < -0.4 is 9.39 Å². The van der Waals surface area contributed by atoms with Crippen LogP contribution in [-0.4, -0.2) is 43.8 Å². The Morgan fingerprint density at radius 3 is 2.52 bits per heavy atom. The van der Waals surface area contributed by atoms with Gasteiger partial charge in [0.25, 0.3) is 0 Å². The van der Waals surface area contributed by atoms with Gasteiger partial charge in [-0.1, -0.05) is 6.92 Å². The number of carbonyl (C=O) groups is 3. The van der Waals surface area contributed by atoms with Crippen molar-refractivity contribution < 1.29 is 38.3 Å². The van der Waals surface area contributed by atoms with E-state index >= 15 is 0 Å². The molecular weight excluding hydrogens is 379 g/mol. The van der Waals surface area contributed by atoms with Crippen LogP contribution >= 0.6 is 0 Å². The van der Waals surface area contributed by atoms with E-state index in [9.17, 15) is 19.4 Å². The normalized spacial score (nSPS) is 15.8. The summed E-state index contributed by atoms with van der Waals surface area (Å²) in [5.41, 5.74) is -0.0488. The maximum Gasteiger partial charge on any atom is 0.526 e. The molecule has 0 spiro atoms. The zero-order valence-electron chi connectivity index (χ0n) is 17.4. The highest BCUT2D eigenvalue weighted by Gasteiger charge is 2.38. The molecule has 1 N–H and O–H groups in total. The van der Waals surface area contributed by atoms with Crippen molar-refractivity contribution in [3.05, 3.63) is 23.3 Å². The van der Waals surface area contributed by atoms with Gasteiger partial charge in [-0.3, -0.25) is 9.59 Å². The Morgan fingerprint density at radius 2 is 1.93 bits per heavy atom. The molecule has 0 fully saturated rings. The average Bonchev–Trinajstić information content (AvgIpc) is 2.66. The predicted molar refractivity (Wildman–Crippen MR) is 105 cm³/mol. The number of fused-ring (bicyclic) bond motifs is 1. The largest absolute Gasteiger partial charge is 0.535 e. The smallest absolute Gasteiger partial charge is 0.526 e. The van der Waals surface area contributed by atoms with E-state index in [1.807, 2.05) is 0 Å².